The number of nitrogen functional groups attached to an aromatic ring is 1. The molecule has 6 heteroatoms. The SMILES string of the molecule is CCC(C(=O)OC1CCCCC1)c1nonc1N. The summed E-state index contributed by atoms with van der Waals surface area (Å²) < 4.78 is 10.1. The van der Waals surface area contributed by atoms with Crippen molar-refractivity contribution in [2.45, 2.75) is 57.5 Å². The molecule has 0 aliphatic heterocycles. The fourth-order valence-electron chi connectivity index (χ4n) is 2.35. The Kier molecular flexibility index (Phi) is 4.17. The minimum absolute atomic E-state index is 0.0429. The van der Waals surface area contributed by atoms with Crippen LogP contribution in [0, 0.1) is 0 Å². The van der Waals surface area contributed by atoms with Crippen LogP contribution in [0.5, 0.6) is 0 Å². The summed E-state index contributed by atoms with van der Waals surface area (Å²) in [6, 6.07) is 0. The van der Waals surface area contributed by atoms with Crippen molar-refractivity contribution in [2.24, 2.45) is 0 Å². The first-order valence-corrected chi connectivity index (χ1v) is 6.50. The van der Waals surface area contributed by atoms with Gasteiger partial charge in [0.2, 0.25) is 0 Å². The van der Waals surface area contributed by atoms with Crippen LogP contribution in [0.2, 0.25) is 0 Å². The molecule has 1 atom stereocenters. The van der Waals surface area contributed by atoms with E-state index in [-0.39, 0.29) is 17.9 Å². The Labute approximate surface area is 106 Å². The lowest BCUT2D eigenvalue weighted by atomic mass is 9.97. The standard InChI is InChI=1S/C12H19N3O3/c1-2-9(10-11(13)15-18-14-10)12(16)17-8-6-4-3-5-7-8/h8-9H,2-7H2,1H3,(H2,13,15). The fourth-order valence-corrected chi connectivity index (χ4v) is 2.35. The minimum Gasteiger partial charge on any atom is -0.462 e. The summed E-state index contributed by atoms with van der Waals surface area (Å²) in [5.74, 6) is -0.576. The van der Waals surface area contributed by atoms with Gasteiger partial charge >= 0.3 is 5.97 Å². The Bertz CT molecular complexity index is 399. The van der Waals surface area contributed by atoms with Gasteiger partial charge in [0.15, 0.2) is 5.82 Å². The molecule has 0 spiro atoms. The minimum atomic E-state index is -0.474. The largest absolute Gasteiger partial charge is 0.462 e. The van der Waals surface area contributed by atoms with Crippen LogP contribution in [0.25, 0.3) is 0 Å². The molecule has 2 rings (SSSR count). The highest BCUT2D eigenvalue weighted by Gasteiger charge is 2.29. The summed E-state index contributed by atoms with van der Waals surface area (Å²) in [7, 11) is 0. The van der Waals surface area contributed by atoms with Crippen molar-refractivity contribution in [3.05, 3.63) is 5.69 Å². The Morgan fingerprint density at radius 1 is 1.44 bits per heavy atom. The van der Waals surface area contributed by atoms with Gasteiger partial charge in [-0.2, -0.15) is 0 Å². The number of carbonyl (C=O) groups is 1. The molecular formula is C12H19N3O3. The number of anilines is 1. The van der Waals surface area contributed by atoms with Crippen LogP contribution in [-0.2, 0) is 9.53 Å². The van der Waals surface area contributed by atoms with E-state index in [1.165, 1.54) is 6.42 Å². The van der Waals surface area contributed by atoms with E-state index in [0.717, 1.165) is 25.7 Å². The molecular weight excluding hydrogens is 234 g/mol. The van der Waals surface area contributed by atoms with E-state index in [4.69, 9.17) is 10.5 Å². The molecule has 2 N–H and O–H groups in total. The zero-order valence-corrected chi connectivity index (χ0v) is 10.6. The number of hydrogen-bond acceptors (Lipinski definition) is 6. The van der Waals surface area contributed by atoms with Crippen molar-refractivity contribution < 1.29 is 14.2 Å². The van der Waals surface area contributed by atoms with Gasteiger partial charge in [-0.25, -0.2) is 4.63 Å². The van der Waals surface area contributed by atoms with Gasteiger partial charge in [-0.05, 0) is 37.3 Å². The zero-order chi connectivity index (χ0) is 13.0. The molecule has 1 aromatic rings. The number of nitrogens with zero attached hydrogens (tertiary/aromatic N) is 2. The number of esters is 1. The maximum Gasteiger partial charge on any atom is 0.315 e. The van der Waals surface area contributed by atoms with Crippen molar-refractivity contribution in [3.8, 4) is 0 Å². The van der Waals surface area contributed by atoms with Gasteiger partial charge < -0.3 is 10.5 Å². The van der Waals surface area contributed by atoms with E-state index in [9.17, 15) is 4.79 Å². The molecule has 0 aromatic carbocycles. The lowest BCUT2D eigenvalue weighted by Crippen LogP contribution is -2.25. The van der Waals surface area contributed by atoms with Crippen LogP contribution in [0.1, 0.15) is 57.1 Å². The Balaban J connectivity index is 1.99. The molecule has 1 aliphatic rings. The van der Waals surface area contributed by atoms with E-state index < -0.39 is 5.92 Å². The molecule has 18 heavy (non-hydrogen) atoms. The van der Waals surface area contributed by atoms with Gasteiger partial charge in [0.1, 0.15) is 17.7 Å². The van der Waals surface area contributed by atoms with Gasteiger partial charge in [-0.15, -0.1) is 0 Å². The maximum atomic E-state index is 12.1. The highest BCUT2D eigenvalue weighted by molar-refractivity contribution is 5.79. The number of carbonyl (C=O) groups excluding carboxylic acids is 1. The van der Waals surface area contributed by atoms with Gasteiger partial charge in [0.05, 0.1) is 0 Å². The van der Waals surface area contributed by atoms with Crippen LogP contribution in [0.3, 0.4) is 0 Å². The van der Waals surface area contributed by atoms with Crippen molar-refractivity contribution in [2.75, 3.05) is 5.73 Å². The van der Waals surface area contributed by atoms with Crippen LogP contribution in [-0.4, -0.2) is 22.4 Å². The lowest BCUT2D eigenvalue weighted by Gasteiger charge is -2.23. The fraction of sp³-hybridized carbons (Fsp3) is 0.750. The predicted molar refractivity (Wildman–Crippen MR) is 64.7 cm³/mol. The first-order valence-electron chi connectivity index (χ1n) is 6.50. The normalized spacial score (nSPS) is 18.5. The van der Waals surface area contributed by atoms with Crippen molar-refractivity contribution >= 4 is 11.8 Å². The van der Waals surface area contributed by atoms with Crippen LogP contribution in [0.4, 0.5) is 5.82 Å². The summed E-state index contributed by atoms with van der Waals surface area (Å²) >= 11 is 0. The van der Waals surface area contributed by atoms with E-state index in [1.807, 2.05) is 6.92 Å². The quantitative estimate of drug-likeness (QED) is 0.825. The Hall–Kier alpha value is -1.59. The molecule has 0 saturated heterocycles. The second-order valence-electron chi connectivity index (χ2n) is 4.69. The third-order valence-electron chi connectivity index (χ3n) is 3.40. The van der Waals surface area contributed by atoms with E-state index in [1.54, 1.807) is 0 Å². The summed E-state index contributed by atoms with van der Waals surface area (Å²) in [6.07, 6.45) is 6.00. The van der Waals surface area contributed by atoms with Crippen LogP contribution in [0.15, 0.2) is 4.63 Å². The summed E-state index contributed by atoms with van der Waals surface area (Å²) in [5, 5.41) is 7.19. The average molecular weight is 253 g/mol. The smallest absolute Gasteiger partial charge is 0.315 e. The van der Waals surface area contributed by atoms with Crippen molar-refractivity contribution in [3.63, 3.8) is 0 Å². The topological polar surface area (TPSA) is 91.2 Å². The Morgan fingerprint density at radius 3 is 2.72 bits per heavy atom. The Morgan fingerprint density at radius 2 is 2.17 bits per heavy atom. The molecule has 6 nitrogen and oxygen atoms in total. The number of rotatable bonds is 4. The molecule has 100 valence electrons. The highest BCUT2D eigenvalue weighted by Crippen LogP contribution is 2.27. The van der Waals surface area contributed by atoms with Crippen molar-refractivity contribution in [1.29, 1.82) is 0 Å². The van der Waals surface area contributed by atoms with Crippen LogP contribution >= 0.6 is 0 Å². The second kappa shape index (κ2) is 5.84. The highest BCUT2D eigenvalue weighted by atomic mass is 16.6. The first kappa shape index (κ1) is 12.9. The van der Waals surface area contributed by atoms with E-state index >= 15 is 0 Å². The molecule has 0 radical (unpaired) electrons. The van der Waals surface area contributed by atoms with Crippen molar-refractivity contribution in [1.82, 2.24) is 10.3 Å². The molecule has 0 amide bonds. The number of aromatic nitrogens is 2. The molecule has 1 aromatic heterocycles. The molecule has 1 heterocycles. The number of ether oxygens (including phenoxy) is 1. The zero-order valence-electron chi connectivity index (χ0n) is 10.6. The van der Waals surface area contributed by atoms with Gasteiger partial charge in [0, 0.05) is 0 Å². The third kappa shape index (κ3) is 2.80. The predicted octanol–water partition coefficient (Wildman–Crippen LogP) is 2.02. The van der Waals surface area contributed by atoms with E-state index in [2.05, 4.69) is 14.9 Å². The molecule has 1 unspecified atom stereocenters. The van der Waals surface area contributed by atoms with Crippen LogP contribution < -0.4 is 5.73 Å². The molecule has 1 saturated carbocycles. The van der Waals surface area contributed by atoms with Gasteiger partial charge in [-0.1, -0.05) is 18.5 Å². The van der Waals surface area contributed by atoms with Gasteiger partial charge in [-0.3, -0.25) is 4.79 Å². The molecule has 1 aliphatic carbocycles. The summed E-state index contributed by atoms with van der Waals surface area (Å²) in [4.78, 5) is 12.1. The summed E-state index contributed by atoms with van der Waals surface area (Å²) in [6.45, 7) is 1.89. The lowest BCUT2D eigenvalue weighted by molar-refractivity contribution is -0.152. The number of hydrogen-bond donors (Lipinski definition) is 1. The first-order chi connectivity index (χ1) is 8.72. The second-order valence-corrected chi connectivity index (χ2v) is 4.69. The van der Waals surface area contributed by atoms with Gasteiger partial charge in [0.25, 0.3) is 0 Å². The summed E-state index contributed by atoms with van der Waals surface area (Å²) in [5.41, 5.74) is 6.00. The molecule has 1 fully saturated rings. The maximum absolute atomic E-state index is 12.1. The average Bonchev–Trinajstić information content (AvgIpc) is 2.78. The number of nitrogens with two attached hydrogens (primary N) is 1. The third-order valence-corrected chi connectivity index (χ3v) is 3.40. The molecule has 0 bridgehead atoms. The monoisotopic (exact) mass is 253 g/mol. The van der Waals surface area contributed by atoms with E-state index in [0.29, 0.717) is 12.1 Å².